The molecule has 1 atom stereocenters. The van der Waals surface area contributed by atoms with Crippen LogP contribution in [0.4, 0.5) is 0 Å². The van der Waals surface area contributed by atoms with E-state index in [1.165, 1.54) is 5.01 Å². The molecule has 19 heavy (non-hydrogen) atoms. The number of nitrogens with zero attached hydrogens (tertiary/aromatic N) is 2. The first-order chi connectivity index (χ1) is 9.19. The maximum atomic E-state index is 5.08. The number of aromatic nitrogens is 1. The van der Waals surface area contributed by atoms with Crippen molar-refractivity contribution < 1.29 is 4.74 Å². The van der Waals surface area contributed by atoms with Gasteiger partial charge in [0.2, 0.25) is 0 Å². The number of ether oxygens (including phenoxy) is 1. The summed E-state index contributed by atoms with van der Waals surface area (Å²) in [5.74, 6) is 0.801. The van der Waals surface area contributed by atoms with Gasteiger partial charge in [-0.3, -0.25) is 4.99 Å². The van der Waals surface area contributed by atoms with Crippen LogP contribution in [-0.2, 0) is 17.6 Å². The van der Waals surface area contributed by atoms with Gasteiger partial charge in [0.1, 0.15) is 0 Å². The number of hydrogen-bond acceptors (Lipinski definition) is 4. The summed E-state index contributed by atoms with van der Waals surface area (Å²) >= 11 is 1.73. The first-order valence-corrected chi connectivity index (χ1v) is 7.47. The summed E-state index contributed by atoms with van der Waals surface area (Å²) in [6.45, 7) is 5.67. The second-order valence-corrected chi connectivity index (χ2v) is 5.28. The molecule has 0 bridgehead atoms. The fourth-order valence-electron chi connectivity index (χ4n) is 1.65. The van der Waals surface area contributed by atoms with Gasteiger partial charge in [-0.25, -0.2) is 4.98 Å². The number of methoxy groups -OCH3 is 1. The minimum atomic E-state index is 0.238. The molecule has 0 fully saturated rings. The van der Waals surface area contributed by atoms with Crippen LogP contribution in [0.1, 0.15) is 24.5 Å². The van der Waals surface area contributed by atoms with E-state index in [9.17, 15) is 0 Å². The van der Waals surface area contributed by atoms with Gasteiger partial charge in [0.25, 0.3) is 0 Å². The van der Waals surface area contributed by atoms with E-state index in [0.717, 1.165) is 31.0 Å². The lowest BCUT2D eigenvalue weighted by Crippen LogP contribution is -2.44. The van der Waals surface area contributed by atoms with Gasteiger partial charge < -0.3 is 15.4 Å². The molecule has 6 heteroatoms. The van der Waals surface area contributed by atoms with E-state index in [0.29, 0.717) is 6.61 Å². The summed E-state index contributed by atoms with van der Waals surface area (Å²) in [5, 5.41) is 9.88. The molecule has 1 aromatic rings. The third kappa shape index (κ3) is 6.02. The Morgan fingerprint density at radius 2 is 2.37 bits per heavy atom. The second-order valence-electron chi connectivity index (χ2n) is 4.34. The SMILES string of the molecule is CCc1nc(CCNC(=NC)NC(C)COC)cs1. The minimum absolute atomic E-state index is 0.238. The number of nitrogens with one attached hydrogen (secondary N) is 2. The normalized spacial score (nSPS) is 13.4. The monoisotopic (exact) mass is 284 g/mol. The third-order valence-corrected chi connectivity index (χ3v) is 3.64. The van der Waals surface area contributed by atoms with Crippen molar-refractivity contribution in [1.29, 1.82) is 0 Å². The van der Waals surface area contributed by atoms with E-state index in [-0.39, 0.29) is 6.04 Å². The van der Waals surface area contributed by atoms with Crippen LogP contribution in [0.15, 0.2) is 10.4 Å². The molecule has 1 heterocycles. The van der Waals surface area contributed by atoms with Gasteiger partial charge in [0.15, 0.2) is 5.96 Å². The zero-order valence-electron chi connectivity index (χ0n) is 12.2. The molecule has 5 nitrogen and oxygen atoms in total. The summed E-state index contributed by atoms with van der Waals surface area (Å²) in [6.07, 6.45) is 1.92. The maximum absolute atomic E-state index is 5.08. The van der Waals surface area contributed by atoms with Crippen molar-refractivity contribution in [3.8, 4) is 0 Å². The molecule has 1 unspecified atom stereocenters. The highest BCUT2D eigenvalue weighted by Gasteiger charge is 2.05. The largest absolute Gasteiger partial charge is 0.383 e. The Kier molecular flexibility index (Phi) is 7.43. The van der Waals surface area contributed by atoms with Crippen LogP contribution in [-0.4, -0.2) is 44.3 Å². The van der Waals surface area contributed by atoms with Crippen molar-refractivity contribution >= 4 is 17.3 Å². The molecule has 1 rings (SSSR count). The van der Waals surface area contributed by atoms with Crippen LogP contribution < -0.4 is 10.6 Å². The lowest BCUT2D eigenvalue weighted by Gasteiger charge is -2.16. The average molecular weight is 284 g/mol. The van der Waals surface area contributed by atoms with Crippen LogP contribution in [0, 0.1) is 0 Å². The van der Waals surface area contributed by atoms with Crippen molar-refractivity contribution in [3.63, 3.8) is 0 Å². The Labute approximate surface area is 119 Å². The zero-order valence-corrected chi connectivity index (χ0v) is 13.0. The lowest BCUT2D eigenvalue weighted by atomic mass is 10.3. The predicted molar refractivity (Wildman–Crippen MR) is 81.0 cm³/mol. The number of aliphatic imine (C=N–C) groups is 1. The number of thiazole rings is 1. The molecule has 0 aliphatic rings. The molecule has 0 saturated heterocycles. The molecule has 0 aromatic carbocycles. The molecule has 0 amide bonds. The molecular weight excluding hydrogens is 260 g/mol. The van der Waals surface area contributed by atoms with Crippen LogP contribution in [0.25, 0.3) is 0 Å². The lowest BCUT2D eigenvalue weighted by molar-refractivity contribution is 0.179. The first kappa shape index (κ1) is 15.9. The van der Waals surface area contributed by atoms with Gasteiger partial charge in [0.05, 0.1) is 17.3 Å². The fourth-order valence-corrected chi connectivity index (χ4v) is 2.43. The van der Waals surface area contributed by atoms with Gasteiger partial charge in [-0.2, -0.15) is 0 Å². The molecule has 0 radical (unpaired) electrons. The smallest absolute Gasteiger partial charge is 0.191 e. The highest BCUT2D eigenvalue weighted by atomic mass is 32.1. The van der Waals surface area contributed by atoms with Crippen molar-refractivity contribution in [3.05, 3.63) is 16.1 Å². The zero-order chi connectivity index (χ0) is 14.1. The quantitative estimate of drug-likeness (QED) is 0.588. The van der Waals surface area contributed by atoms with Gasteiger partial charge in [-0.05, 0) is 13.3 Å². The molecule has 0 saturated carbocycles. The van der Waals surface area contributed by atoms with Crippen molar-refractivity contribution in [2.24, 2.45) is 4.99 Å². The summed E-state index contributed by atoms with van der Waals surface area (Å²) in [6, 6.07) is 0.238. The summed E-state index contributed by atoms with van der Waals surface area (Å²) in [5.41, 5.74) is 1.15. The Hall–Kier alpha value is -1.14. The molecule has 0 aliphatic carbocycles. The van der Waals surface area contributed by atoms with Crippen molar-refractivity contribution in [2.75, 3.05) is 27.3 Å². The summed E-state index contributed by atoms with van der Waals surface area (Å²) < 4.78 is 5.08. The maximum Gasteiger partial charge on any atom is 0.191 e. The number of guanidine groups is 1. The van der Waals surface area contributed by atoms with Crippen LogP contribution in [0.2, 0.25) is 0 Å². The van der Waals surface area contributed by atoms with E-state index in [2.05, 4.69) is 39.8 Å². The third-order valence-electron chi connectivity index (χ3n) is 2.60. The summed E-state index contributed by atoms with van der Waals surface area (Å²) in [7, 11) is 3.47. The first-order valence-electron chi connectivity index (χ1n) is 6.59. The number of hydrogen-bond donors (Lipinski definition) is 2. The van der Waals surface area contributed by atoms with Gasteiger partial charge >= 0.3 is 0 Å². The number of rotatable bonds is 7. The van der Waals surface area contributed by atoms with E-state index in [1.807, 2.05) is 0 Å². The van der Waals surface area contributed by atoms with Gasteiger partial charge in [0, 0.05) is 38.5 Å². The fraction of sp³-hybridized carbons (Fsp3) is 0.692. The Bertz CT molecular complexity index is 392. The molecule has 0 spiro atoms. The van der Waals surface area contributed by atoms with E-state index >= 15 is 0 Å². The minimum Gasteiger partial charge on any atom is -0.383 e. The molecule has 1 aromatic heterocycles. The van der Waals surface area contributed by atoms with Crippen molar-refractivity contribution in [2.45, 2.75) is 32.7 Å². The Morgan fingerprint density at radius 3 is 2.95 bits per heavy atom. The van der Waals surface area contributed by atoms with Gasteiger partial charge in [-0.1, -0.05) is 6.92 Å². The molecule has 2 N–H and O–H groups in total. The highest BCUT2D eigenvalue weighted by Crippen LogP contribution is 2.10. The van der Waals surface area contributed by atoms with Crippen LogP contribution >= 0.6 is 11.3 Å². The number of aryl methyl sites for hydroxylation is 1. The second kappa shape index (κ2) is 8.87. The standard InChI is InChI=1S/C13H24N4OS/c1-5-12-17-11(9-19-12)6-7-15-13(14-3)16-10(2)8-18-4/h9-10H,5-8H2,1-4H3,(H2,14,15,16). The van der Waals surface area contributed by atoms with E-state index in [4.69, 9.17) is 4.74 Å². The van der Waals surface area contributed by atoms with Crippen LogP contribution in [0.3, 0.4) is 0 Å². The molecular formula is C13H24N4OS. The Morgan fingerprint density at radius 1 is 1.58 bits per heavy atom. The van der Waals surface area contributed by atoms with Crippen molar-refractivity contribution in [1.82, 2.24) is 15.6 Å². The average Bonchev–Trinajstić information content (AvgIpc) is 2.86. The topological polar surface area (TPSA) is 58.5 Å². The van der Waals surface area contributed by atoms with Gasteiger partial charge in [-0.15, -0.1) is 11.3 Å². The highest BCUT2D eigenvalue weighted by molar-refractivity contribution is 7.09. The van der Waals surface area contributed by atoms with E-state index in [1.54, 1.807) is 25.5 Å². The summed E-state index contributed by atoms with van der Waals surface area (Å²) in [4.78, 5) is 8.72. The van der Waals surface area contributed by atoms with E-state index < -0.39 is 0 Å². The van der Waals surface area contributed by atoms with Crippen LogP contribution in [0.5, 0.6) is 0 Å². The molecule has 108 valence electrons. The Balaban J connectivity index is 2.29. The predicted octanol–water partition coefficient (Wildman–Crippen LogP) is 1.45. The molecule has 0 aliphatic heterocycles.